The van der Waals surface area contributed by atoms with Crippen LogP contribution in [0.1, 0.15) is 17.3 Å². The summed E-state index contributed by atoms with van der Waals surface area (Å²) in [5.74, 6) is 0.716. The normalized spacial score (nSPS) is 12.1. The molecule has 0 saturated heterocycles. The van der Waals surface area contributed by atoms with Gasteiger partial charge in [-0.3, -0.25) is 0 Å². The van der Waals surface area contributed by atoms with Crippen molar-refractivity contribution in [3.05, 3.63) is 59.7 Å². The topological polar surface area (TPSA) is 35.2 Å². The molecule has 2 rings (SSSR count). The van der Waals surface area contributed by atoms with Gasteiger partial charge in [-0.1, -0.05) is 24.3 Å². The van der Waals surface area contributed by atoms with Crippen LogP contribution in [0, 0.1) is 0 Å². The van der Waals surface area contributed by atoms with Crippen molar-refractivity contribution < 1.29 is 9.13 Å². The molecule has 2 aromatic rings. The molecule has 0 amide bonds. The summed E-state index contributed by atoms with van der Waals surface area (Å²) in [4.78, 5) is 0. The molecule has 0 fully saturated rings. The third kappa shape index (κ3) is 2.56. The van der Waals surface area contributed by atoms with Crippen molar-refractivity contribution in [3.8, 4) is 5.75 Å². The van der Waals surface area contributed by atoms with Crippen LogP contribution in [-0.4, -0.2) is 7.11 Å². The molecule has 2 nitrogen and oxygen atoms in total. The van der Waals surface area contributed by atoms with E-state index >= 15 is 0 Å². The van der Waals surface area contributed by atoms with Gasteiger partial charge in [0, 0.05) is 5.69 Å². The molecule has 88 valence electrons. The molecular formula is C14H14FNO. The molecule has 2 aromatic carbocycles. The Balaban J connectivity index is 2.27. The fourth-order valence-electron chi connectivity index (χ4n) is 1.68. The Kier molecular flexibility index (Phi) is 3.28. The van der Waals surface area contributed by atoms with E-state index in [2.05, 4.69) is 0 Å². The van der Waals surface area contributed by atoms with Gasteiger partial charge in [0.1, 0.15) is 5.75 Å². The minimum absolute atomic E-state index is 0.565. The second-order valence-corrected chi connectivity index (χ2v) is 3.81. The molecule has 0 bridgehead atoms. The standard InChI is InChI=1S/C14H14FNO/c1-17-13-7-5-10(6-8-13)14(15)11-3-2-4-12(16)9-11/h2-9,14H,16H2,1H3. The molecule has 0 aliphatic rings. The number of benzene rings is 2. The summed E-state index contributed by atoms with van der Waals surface area (Å²) in [6.07, 6.45) is -1.16. The second kappa shape index (κ2) is 4.87. The first-order valence-electron chi connectivity index (χ1n) is 5.34. The van der Waals surface area contributed by atoms with E-state index < -0.39 is 6.17 Å². The van der Waals surface area contributed by atoms with Crippen molar-refractivity contribution in [2.45, 2.75) is 6.17 Å². The quantitative estimate of drug-likeness (QED) is 0.822. The molecule has 0 aliphatic carbocycles. The predicted molar refractivity (Wildman–Crippen MR) is 66.8 cm³/mol. The van der Waals surface area contributed by atoms with E-state index in [9.17, 15) is 4.39 Å². The van der Waals surface area contributed by atoms with Gasteiger partial charge in [-0.05, 0) is 35.4 Å². The van der Waals surface area contributed by atoms with Crippen molar-refractivity contribution in [3.63, 3.8) is 0 Å². The summed E-state index contributed by atoms with van der Waals surface area (Å²) >= 11 is 0. The van der Waals surface area contributed by atoms with E-state index in [4.69, 9.17) is 10.5 Å². The molecule has 0 spiro atoms. The fraction of sp³-hybridized carbons (Fsp3) is 0.143. The van der Waals surface area contributed by atoms with Crippen LogP contribution in [0.5, 0.6) is 5.75 Å². The number of halogens is 1. The Hall–Kier alpha value is -2.03. The van der Waals surface area contributed by atoms with Crippen LogP contribution in [0.15, 0.2) is 48.5 Å². The predicted octanol–water partition coefficient (Wildman–Crippen LogP) is 3.34. The van der Waals surface area contributed by atoms with Crippen LogP contribution < -0.4 is 10.5 Å². The van der Waals surface area contributed by atoms with Gasteiger partial charge in [-0.25, -0.2) is 4.39 Å². The molecule has 0 saturated carbocycles. The largest absolute Gasteiger partial charge is 0.497 e. The minimum atomic E-state index is -1.16. The summed E-state index contributed by atoms with van der Waals surface area (Å²) in [6, 6.07) is 13.8. The maximum atomic E-state index is 14.2. The lowest BCUT2D eigenvalue weighted by molar-refractivity contribution is 0.398. The summed E-state index contributed by atoms with van der Waals surface area (Å²) in [6.45, 7) is 0. The zero-order valence-electron chi connectivity index (χ0n) is 9.56. The first kappa shape index (κ1) is 11.5. The SMILES string of the molecule is COc1ccc(C(F)c2cccc(N)c2)cc1. The molecule has 17 heavy (non-hydrogen) atoms. The van der Waals surface area contributed by atoms with Crippen molar-refractivity contribution >= 4 is 5.69 Å². The number of nitrogen functional groups attached to an aromatic ring is 1. The van der Waals surface area contributed by atoms with Gasteiger partial charge in [0.25, 0.3) is 0 Å². The molecular weight excluding hydrogens is 217 g/mol. The van der Waals surface area contributed by atoms with Gasteiger partial charge in [0.05, 0.1) is 7.11 Å². The average Bonchev–Trinajstić information content (AvgIpc) is 2.38. The van der Waals surface area contributed by atoms with E-state index in [1.807, 2.05) is 0 Å². The molecule has 0 aromatic heterocycles. The second-order valence-electron chi connectivity index (χ2n) is 3.81. The van der Waals surface area contributed by atoms with E-state index in [-0.39, 0.29) is 0 Å². The van der Waals surface area contributed by atoms with Gasteiger partial charge in [0.2, 0.25) is 0 Å². The zero-order valence-corrected chi connectivity index (χ0v) is 9.56. The minimum Gasteiger partial charge on any atom is -0.497 e. The number of anilines is 1. The van der Waals surface area contributed by atoms with Crippen LogP contribution >= 0.6 is 0 Å². The third-order valence-electron chi connectivity index (χ3n) is 2.61. The Morgan fingerprint density at radius 2 is 1.76 bits per heavy atom. The molecule has 0 aliphatic heterocycles. The Morgan fingerprint density at radius 3 is 2.35 bits per heavy atom. The Labute approximate surface area is 99.8 Å². The zero-order chi connectivity index (χ0) is 12.3. The highest BCUT2D eigenvalue weighted by atomic mass is 19.1. The van der Waals surface area contributed by atoms with E-state index in [0.29, 0.717) is 22.6 Å². The number of hydrogen-bond acceptors (Lipinski definition) is 2. The molecule has 1 atom stereocenters. The van der Waals surface area contributed by atoms with Gasteiger partial charge in [0.15, 0.2) is 6.17 Å². The summed E-state index contributed by atoms with van der Waals surface area (Å²) in [7, 11) is 1.58. The van der Waals surface area contributed by atoms with Gasteiger partial charge >= 0.3 is 0 Å². The summed E-state index contributed by atoms with van der Waals surface area (Å²) in [5.41, 5.74) is 7.36. The van der Waals surface area contributed by atoms with Gasteiger partial charge < -0.3 is 10.5 Å². The lowest BCUT2D eigenvalue weighted by Gasteiger charge is -2.10. The maximum Gasteiger partial charge on any atom is 0.150 e. The highest BCUT2D eigenvalue weighted by Gasteiger charge is 2.12. The average molecular weight is 231 g/mol. The van der Waals surface area contributed by atoms with Gasteiger partial charge in [-0.15, -0.1) is 0 Å². The lowest BCUT2D eigenvalue weighted by atomic mass is 10.0. The third-order valence-corrected chi connectivity index (χ3v) is 2.61. The molecule has 3 heteroatoms. The monoisotopic (exact) mass is 231 g/mol. The smallest absolute Gasteiger partial charge is 0.150 e. The highest BCUT2D eigenvalue weighted by Crippen LogP contribution is 2.28. The van der Waals surface area contributed by atoms with E-state index in [1.165, 1.54) is 0 Å². The van der Waals surface area contributed by atoms with Crippen molar-refractivity contribution in [2.75, 3.05) is 12.8 Å². The van der Waals surface area contributed by atoms with E-state index in [0.717, 1.165) is 0 Å². The lowest BCUT2D eigenvalue weighted by Crippen LogP contribution is -1.96. The molecule has 1 unspecified atom stereocenters. The number of ether oxygens (including phenoxy) is 1. The number of methoxy groups -OCH3 is 1. The summed E-state index contributed by atoms with van der Waals surface area (Å²) < 4.78 is 19.2. The number of alkyl halides is 1. The molecule has 0 radical (unpaired) electrons. The van der Waals surface area contributed by atoms with Crippen LogP contribution in [0.25, 0.3) is 0 Å². The van der Waals surface area contributed by atoms with Crippen LogP contribution in [0.4, 0.5) is 10.1 Å². The Morgan fingerprint density at radius 1 is 1.06 bits per heavy atom. The van der Waals surface area contributed by atoms with Crippen LogP contribution in [-0.2, 0) is 0 Å². The highest BCUT2D eigenvalue weighted by molar-refractivity contribution is 5.44. The first-order valence-corrected chi connectivity index (χ1v) is 5.34. The summed E-state index contributed by atoms with van der Waals surface area (Å²) in [5, 5.41) is 0. The van der Waals surface area contributed by atoms with Crippen molar-refractivity contribution in [1.29, 1.82) is 0 Å². The van der Waals surface area contributed by atoms with Crippen LogP contribution in [0.3, 0.4) is 0 Å². The molecule has 2 N–H and O–H groups in total. The van der Waals surface area contributed by atoms with E-state index in [1.54, 1.807) is 55.6 Å². The van der Waals surface area contributed by atoms with Crippen LogP contribution in [0.2, 0.25) is 0 Å². The number of nitrogens with two attached hydrogens (primary N) is 1. The molecule has 0 heterocycles. The number of rotatable bonds is 3. The van der Waals surface area contributed by atoms with Gasteiger partial charge in [-0.2, -0.15) is 0 Å². The first-order chi connectivity index (χ1) is 8.20. The van der Waals surface area contributed by atoms with Crippen molar-refractivity contribution in [1.82, 2.24) is 0 Å². The Bertz CT molecular complexity index is 496. The maximum absolute atomic E-state index is 14.2. The fourth-order valence-corrected chi connectivity index (χ4v) is 1.68. The van der Waals surface area contributed by atoms with Crippen molar-refractivity contribution in [2.24, 2.45) is 0 Å². The number of hydrogen-bond donors (Lipinski definition) is 1.